The second-order valence-electron chi connectivity index (χ2n) is 4.70. The number of rotatable bonds is 7. The maximum absolute atomic E-state index is 13.4. The van der Waals surface area contributed by atoms with E-state index < -0.39 is 0 Å². The van der Waals surface area contributed by atoms with Gasteiger partial charge in [-0.3, -0.25) is 0 Å². The molecule has 0 saturated heterocycles. The van der Waals surface area contributed by atoms with Crippen LogP contribution >= 0.6 is 0 Å². The molecule has 2 aromatic rings. The molecule has 0 aliphatic rings. The predicted molar refractivity (Wildman–Crippen MR) is 78.2 cm³/mol. The van der Waals surface area contributed by atoms with Gasteiger partial charge in [0.15, 0.2) is 0 Å². The Morgan fingerprint density at radius 2 is 1.80 bits per heavy atom. The van der Waals surface area contributed by atoms with Crippen molar-refractivity contribution >= 4 is 0 Å². The first-order valence-corrected chi connectivity index (χ1v) is 7.06. The van der Waals surface area contributed by atoms with Crippen LogP contribution in [-0.2, 0) is 13.0 Å². The Balaban J connectivity index is 1.74. The SMILES string of the molecule is CCOc1ccc(C[NH2+]CCc2ccccc2F)cc1. The molecule has 0 saturated carbocycles. The van der Waals surface area contributed by atoms with Gasteiger partial charge in [-0.15, -0.1) is 0 Å². The normalized spacial score (nSPS) is 10.5. The van der Waals surface area contributed by atoms with Crippen molar-refractivity contribution < 1.29 is 14.4 Å². The third-order valence-corrected chi connectivity index (χ3v) is 3.19. The van der Waals surface area contributed by atoms with Crippen molar-refractivity contribution in [3.05, 3.63) is 65.5 Å². The van der Waals surface area contributed by atoms with Crippen LogP contribution in [0.25, 0.3) is 0 Å². The van der Waals surface area contributed by atoms with Gasteiger partial charge in [-0.2, -0.15) is 0 Å². The lowest BCUT2D eigenvalue weighted by Crippen LogP contribution is -2.83. The minimum absolute atomic E-state index is 0.109. The minimum Gasteiger partial charge on any atom is -0.494 e. The highest BCUT2D eigenvalue weighted by Gasteiger charge is 2.02. The van der Waals surface area contributed by atoms with E-state index in [9.17, 15) is 4.39 Å². The Bertz CT molecular complexity index is 525. The number of quaternary nitrogens is 1. The highest BCUT2D eigenvalue weighted by atomic mass is 19.1. The van der Waals surface area contributed by atoms with E-state index in [1.165, 1.54) is 11.6 Å². The van der Waals surface area contributed by atoms with Crippen molar-refractivity contribution in [3.63, 3.8) is 0 Å². The first-order valence-electron chi connectivity index (χ1n) is 7.06. The number of benzene rings is 2. The minimum atomic E-state index is -0.109. The van der Waals surface area contributed by atoms with E-state index in [-0.39, 0.29) is 5.82 Å². The second-order valence-corrected chi connectivity index (χ2v) is 4.70. The standard InChI is InChI=1S/C17H20FNO/c1-2-20-16-9-7-14(8-10-16)13-19-12-11-15-5-3-4-6-17(15)18/h3-10,19H,2,11-13H2,1H3/p+1. The summed E-state index contributed by atoms with van der Waals surface area (Å²) in [5.74, 6) is 0.796. The molecule has 0 spiro atoms. The van der Waals surface area contributed by atoms with Crippen LogP contribution in [0.1, 0.15) is 18.1 Å². The second kappa shape index (κ2) is 7.65. The van der Waals surface area contributed by atoms with Crippen molar-refractivity contribution in [2.45, 2.75) is 19.9 Å². The summed E-state index contributed by atoms with van der Waals surface area (Å²) < 4.78 is 18.8. The fourth-order valence-electron chi connectivity index (χ4n) is 2.12. The van der Waals surface area contributed by atoms with Crippen LogP contribution < -0.4 is 10.1 Å². The van der Waals surface area contributed by atoms with Gasteiger partial charge in [0.25, 0.3) is 0 Å². The molecule has 2 nitrogen and oxygen atoms in total. The van der Waals surface area contributed by atoms with Gasteiger partial charge in [-0.1, -0.05) is 18.2 Å². The molecule has 2 rings (SSSR count). The summed E-state index contributed by atoms with van der Waals surface area (Å²) in [6.45, 7) is 4.45. The molecule has 0 atom stereocenters. The number of halogens is 1. The molecule has 2 N–H and O–H groups in total. The third kappa shape index (κ3) is 4.35. The average molecular weight is 274 g/mol. The van der Waals surface area contributed by atoms with Gasteiger partial charge in [0.05, 0.1) is 13.2 Å². The fourth-order valence-corrected chi connectivity index (χ4v) is 2.12. The van der Waals surface area contributed by atoms with E-state index in [1.54, 1.807) is 6.07 Å². The predicted octanol–water partition coefficient (Wildman–Crippen LogP) is 2.53. The Morgan fingerprint density at radius 1 is 1.05 bits per heavy atom. The molecule has 0 aliphatic heterocycles. The summed E-state index contributed by atoms with van der Waals surface area (Å²) in [6.07, 6.45) is 0.754. The van der Waals surface area contributed by atoms with Crippen LogP contribution in [0.5, 0.6) is 5.75 Å². The molecule has 0 heterocycles. The lowest BCUT2D eigenvalue weighted by molar-refractivity contribution is -0.670. The lowest BCUT2D eigenvalue weighted by atomic mass is 10.1. The summed E-state index contributed by atoms with van der Waals surface area (Å²) in [7, 11) is 0. The molecule has 0 bridgehead atoms. The summed E-state index contributed by atoms with van der Waals surface area (Å²) in [5, 5.41) is 2.20. The highest BCUT2D eigenvalue weighted by molar-refractivity contribution is 5.26. The largest absolute Gasteiger partial charge is 0.494 e. The topological polar surface area (TPSA) is 25.8 Å². The maximum atomic E-state index is 13.4. The molecule has 0 aromatic heterocycles. The van der Waals surface area contributed by atoms with Crippen LogP contribution in [-0.4, -0.2) is 13.2 Å². The maximum Gasteiger partial charge on any atom is 0.126 e. The Kier molecular flexibility index (Phi) is 5.56. The zero-order chi connectivity index (χ0) is 14.2. The lowest BCUT2D eigenvalue weighted by Gasteiger charge is -2.05. The molecule has 0 unspecified atom stereocenters. The third-order valence-electron chi connectivity index (χ3n) is 3.19. The first kappa shape index (κ1) is 14.5. The molecular formula is C17H21FNO+. The molecule has 2 aromatic carbocycles. The van der Waals surface area contributed by atoms with Crippen molar-refractivity contribution in [1.29, 1.82) is 0 Å². The zero-order valence-electron chi connectivity index (χ0n) is 11.8. The zero-order valence-corrected chi connectivity index (χ0v) is 11.8. The van der Waals surface area contributed by atoms with E-state index in [0.717, 1.165) is 30.8 Å². The Labute approximate surface area is 119 Å². The van der Waals surface area contributed by atoms with Crippen LogP contribution in [0.4, 0.5) is 4.39 Å². The van der Waals surface area contributed by atoms with E-state index in [1.807, 2.05) is 31.2 Å². The summed E-state index contributed by atoms with van der Waals surface area (Å²) in [4.78, 5) is 0. The molecule has 0 aliphatic carbocycles. The quantitative estimate of drug-likeness (QED) is 0.771. The summed E-state index contributed by atoms with van der Waals surface area (Å²) in [5.41, 5.74) is 2.04. The molecular weight excluding hydrogens is 253 g/mol. The van der Waals surface area contributed by atoms with Crippen molar-refractivity contribution in [2.24, 2.45) is 0 Å². The van der Waals surface area contributed by atoms with E-state index in [0.29, 0.717) is 6.61 Å². The number of hydrogen-bond acceptors (Lipinski definition) is 1. The van der Waals surface area contributed by atoms with Crippen molar-refractivity contribution in [1.82, 2.24) is 0 Å². The Morgan fingerprint density at radius 3 is 2.50 bits per heavy atom. The van der Waals surface area contributed by atoms with Crippen LogP contribution in [0.3, 0.4) is 0 Å². The van der Waals surface area contributed by atoms with Gasteiger partial charge in [0.1, 0.15) is 18.1 Å². The van der Waals surface area contributed by atoms with E-state index >= 15 is 0 Å². The molecule has 106 valence electrons. The van der Waals surface area contributed by atoms with Gasteiger partial charge in [0.2, 0.25) is 0 Å². The first-order chi connectivity index (χ1) is 9.79. The van der Waals surface area contributed by atoms with Crippen LogP contribution in [0.2, 0.25) is 0 Å². The monoisotopic (exact) mass is 274 g/mol. The molecule has 3 heteroatoms. The molecule has 20 heavy (non-hydrogen) atoms. The highest BCUT2D eigenvalue weighted by Crippen LogP contribution is 2.11. The molecule has 0 amide bonds. The molecule has 0 radical (unpaired) electrons. The number of ether oxygens (including phenoxy) is 1. The van der Waals surface area contributed by atoms with Crippen LogP contribution in [0, 0.1) is 5.82 Å². The van der Waals surface area contributed by atoms with Gasteiger partial charge in [-0.25, -0.2) is 4.39 Å². The summed E-state index contributed by atoms with van der Waals surface area (Å²) >= 11 is 0. The van der Waals surface area contributed by atoms with Gasteiger partial charge < -0.3 is 10.1 Å². The molecule has 0 fully saturated rings. The van der Waals surface area contributed by atoms with Gasteiger partial charge in [-0.05, 0) is 42.8 Å². The smallest absolute Gasteiger partial charge is 0.126 e. The van der Waals surface area contributed by atoms with Gasteiger partial charge in [0, 0.05) is 12.0 Å². The summed E-state index contributed by atoms with van der Waals surface area (Å²) in [6, 6.07) is 15.1. The van der Waals surface area contributed by atoms with Crippen molar-refractivity contribution in [3.8, 4) is 5.75 Å². The van der Waals surface area contributed by atoms with E-state index in [4.69, 9.17) is 4.74 Å². The van der Waals surface area contributed by atoms with Crippen LogP contribution in [0.15, 0.2) is 48.5 Å². The Hall–Kier alpha value is -1.87. The van der Waals surface area contributed by atoms with Crippen molar-refractivity contribution in [2.75, 3.05) is 13.2 Å². The average Bonchev–Trinajstić information content (AvgIpc) is 2.47. The van der Waals surface area contributed by atoms with Gasteiger partial charge >= 0.3 is 0 Å². The number of nitrogens with two attached hydrogens (primary N) is 1. The number of hydrogen-bond donors (Lipinski definition) is 1. The fraction of sp³-hybridized carbons (Fsp3) is 0.294. The van der Waals surface area contributed by atoms with E-state index in [2.05, 4.69) is 17.4 Å².